The molecule has 0 aromatic carbocycles. The average molecular weight is 304 g/mol. The van der Waals surface area contributed by atoms with Gasteiger partial charge in [0, 0.05) is 19.2 Å². The first-order valence-electron chi connectivity index (χ1n) is 6.81. The van der Waals surface area contributed by atoms with Crippen molar-refractivity contribution in [3.8, 4) is 0 Å². The number of carbonyl (C=O) groups is 1. The number of rotatable bonds is 8. The molecule has 0 radical (unpaired) electrons. The molecule has 0 aliphatic carbocycles. The molecule has 0 saturated heterocycles. The van der Waals surface area contributed by atoms with Crippen molar-refractivity contribution in [2.75, 3.05) is 11.9 Å². The second-order valence-electron chi connectivity index (χ2n) is 4.85. The highest BCUT2D eigenvalue weighted by Gasteiger charge is 2.30. The van der Waals surface area contributed by atoms with Crippen LogP contribution in [0.1, 0.15) is 38.2 Å². The molecule has 0 spiro atoms. The summed E-state index contributed by atoms with van der Waals surface area (Å²) in [6.45, 7) is 2.43. The van der Waals surface area contributed by atoms with Gasteiger partial charge in [-0.05, 0) is 30.9 Å². The number of anilines is 1. The lowest BCUT2D eigenvalue weighted by Gasteiger charge is -2.15. The molecule has 0 aliphatic heterocycles. The van der Waals surface area contributed by atoms with E-state index in [-0.39, 0.29) is 18.2 Å². The van der Waals surface area contributed by atoms with E-state index in [0.717, 1.165) is 24.8 Å². The predicted octanol–water partition coefficient (Wildman–Crippen LogP) is 3.79. The lowest BCUT2D eigenvalue weighted by atomic mass is 9.97. The first-order valence-corrected chi connectivity index (χ1v) is 6.81. The van der Waals surface area contributed by atoms with Crippen LogP contribution in [0, 0.1) is 5.92 Å². The Hall–Kier alpha value is -1.79. The second-order valence-corrected chi connectivity index (χ2v) is 4.85. The summed E-state index contributed by atoms with van der Waals surface area (Å²) < 4.78 is 37.6. The maximum Gasteiger partial charge on any atom is 0.416 e. The third kappa shape index (κ3) is 6.46. The fraction of sp³-hybridized carbons (Fsp3) is 0.571. The highest BCUT2D eigenvalue weighted by atomic mass is 19.4. The van der Waals surface area contributed by atoms with E-state index < -0.39 is 17.7 Å². The van der Waals surface area contributed by atoms with Crippen LogP contribution in [0.2, 0.25) is 0 Å². The maximum atomic E-state index is 12.5. The summed E-state index contributed by atoms with van der Waals surface area (Å²) in [6, 6.07) is 1.89. The number of aliphatic carboxylic acids is 1. The number of pyridine rings is 1. The molecule has 7 heteroatoms. The predicted molar refractivity (Wildman–Crippen MR) is 73.0 cm³/mol. The van der Waals surface area contributed by atoms with E-state index in [0.29, 0.717) is 19.4 Å². The Morgan fingerprint density at radius 2 is 2.14 bits per heavy atom. The van der Waals surface area contributed by atoms with Gasteiger partial charge >= 0.3 is 12.1 Å². The number of carboxylic acid groups (broad SMARTS) is 1. The minimum absolute atomic E-state index is 0.111. The first kappa shape index (κ1) is 17.3. The topological polar surface area (TPSA) is 62.2 Å². The van der Waals surface area contributed by atoms with Crippen LogP contribution in [-0.2, 0) is 11.0 Å². The van der Waals surface area contributed by atoms with Gasteiger partial charge in [0.2, 0.25) is 0 Å². The van der Waals surface area contributed by atoms with E-state index in [1.165, 1.54) is 0 Å². The molecule has 0 fully saturated rings. The van der Waals surface area contributed by atoms with Crippen molar-refractivity contribution in [1.82, 2.24) is 4.98 Å². The number of alkyl halides is 3. The van der Waals surface area contributed by atoms with Gasteiger partial charge in [0.15, 0.2) is 0 Å². The van der Waals surface area contributed by atoms with Gasteiger partial charge < -0.3 is 10.4 Å². The number of aromatic nitrogens is 1. The number of halogens is 3. The average Bonchev–Trinajstić information content (AvgIpc) is 2.41. The van der Waals surface area contributed by atoms with Crippen molar-refractivity contribution < 1.29 is 23.1 Å². The van der Waals surface area contributed by atoms with Crippen LogP contribution < -0.4 is 5.32 Å². The molecule has 21 heavy (non-hydrogen) atoms. The van der Waals surface area contributed by atoms with Crippen molar-refractivity contribution in [3.05, 3.63) is 23.9 Å². The van der Waals surface area contributed by atoms with Crippen LogP contribution in [-0.4, -0.2) is 22.6 Å². The monoisotopic (exact) mass is 304 g/mol. The normalized spacial score (nSPS) is 13.0. The van der Waals surface area contributed by atoms with Crippen LogP contribution in [0.25, 0.3) is 0 Å². The van der Waals surface area contributed by atoms with Gasteiger partial charge in [0.05, 0.1) is 5.56 Å². The summed E-state index contributed by atoms with van der Waals surface area (Å²) in [6.07, 6.45) is -1.05. The molecule has 2 N–H and O–H groups in total. The van der Waals surface area contributed by atoms with E-state index in [1.807, 2.05) is 6.92 Å². The smallest absolute Gasteiger partial charge is 0.416 e. The molecule has 1 atom stereocenters. The Balaban J connectivity index is 2.46. The van der Waals surface area contributed by atoms with E-state index >= 15 is 0 Å². The fourth-order valence-electron chi connectivity index (χ4n) is 1.99. The Kier molecular flexibility index (Phi) is 6.45. The van der Waals surface area contributed by atoms with Gasteiger partial charge in [0.1, 0.15) is 5.82 Å². The van der Waals surface area contributed by atoms with Crippen molar-refractivity contribution in [1.29, 1.82) is 0 Å². The molecule has 0 aliphatic rings. The zero-order valence-electron chi connectivity index (χ0n) is 11.8. The molecule has 0 bridgehead atoms. The number of nitrogens with one attached hydrogen (secondary N) is 1. The quantitative estimate of drug-likeness (QED) is 0.767. The van der Waals surface area contributed by atoms with Gasteiger partial charge in [-0.2, -0.15) is 13.2 Å². The van der Waals surface area contributed by atoms with Crippen molar-refractivity contribution in [3.63, 3.8) is 0 Å². The number of carboxylic acids is 1. The third-order valence-electron chi connectivity index (χ3n) is 3.29. The molecular weight excluding hydrogens is 285 g/mol. The van der Waals surface area contributed by atoms with E-state index in [4.69, 9.17) is 5.11 Å². The molecule has 1 heterocycles. The van der Waals surface area contributed by atoms with E-state index in [9.17, 15) is 18.0 Å². The zero-order chi connectivity index (χ0) is 15.9. The summed E-state index contributed by atoms with van der Waals surface area (Å²) in [5, 5.41) is 11.5. The van der Waals surface area contributed by atoms with Gasteiger partial charge in [-0.1, -0.05) is 13.3 Å². The van der Waals surface area contributed by atoms with E-state index in [1.54, 1.807) is 0 Å². The van der Waals surface area contributed by atoms with Crippen molar-refractivity contribution in [2.24, 2.45) is 5.92 Å². The Morgan fingerprint density at radius 1 is 1.43 bits per heavy atom. The largest absolute Gasteiger partial charge is 0.481 e. The molecule has 0 saturated carbocycles. The zero-order valence-corrected chi connectivity index (χ0v) is 11.8. The minimum Gasteiger partial charge on any atom is -0.481 e. The van der Waals surface area contributed by atoms with Crippen molar-refractivity contribution >= 4 is 11.8 Å². The Bertz CT molecular complexity index is 464. The number of hydrogen-bond acceptors (Lipinski definition) is 3. The SMILES string of the molecule is CCC(CCNc1cc(C(F)(F)F)ccn1)CCC(=O)O. The van der Waals surface area contributed by atoms with Gasteiger partial charge in [-0.15, -0.1) is 0 Å². The lowest BCUT2D eigenvalue weighted by Crippen LogP contribution is -2.12. The Labute approximate surface area is 121 Å². The molecule has 118 valence electrons. The lowest BCUT2D eigenvalue weighted by molar-refractivity contribution is -0.138. The third-order valence-corrected chi connectivity index (χ3v) is 3.29. The molecule has 1 rings (SSSR count). The molecule has 0 amide bonds. The molecule has 1 aromatic rings. The maximum absolute atomic E-state index is 12.5. The first-order chi connectivity index (χ1) is 9.82. The standard InChI is InChI=1S/C14H19F3N2O2/c1-2-10(3-4-13(20)21)5-7-18-12-9-11(6-8-19-12)14(15,16)17/h6,8-10H,2-5,7H2,1H3,(H,18,19)(H,20,21). The highest BCUT2D eigenvalue weighted by Crippen LogP contribution is 2.29. The van der Waals surface area contributed by atoms with Crippen LogP contribution in [0.3, 0.4) is 0 Å². The molecule has 1 aromatic heterocycles. The van der Waals surface area contributed by atoms with Crippen LogP contribution in [0.5, 0.6) is 0 Å². The summed E-state index contributed by atoms with van der Waals surface area (Å²) in [7, 11) is 0. The van der Waals surface area contributed by atoms with E-state index in [2.05, 4.69) is 10.3 Å². The Morgan fingerprint density at radius 3 is 2.71 bits per heavy atom. The summed E-state index contributed by atoms with van der Waals surface area (Å²) in [4.78, 5) is 14.4. The van der Waals surface area contributed by atoms with Crippen molar-refractivity contribution in [2.45, 2.75) is 38.8 Å². The number of nitrogens with zero attached hydrogens (tertiary/aromatic N) is 1. The van der Waals surface area contributed by atoms with Crippen LogP contribution in [0.15, 0.2) is 18.3 Å². The van der Waals surface area contributed by atoms with Crippen LogP contribution in [0.4, 0.5) is 19.0 Å². The number of hydrogen-bond donors (Lipinski definition) is 2. The minimum atomic E-state index is -4.38. The summed E-state index contributed by atoms with van der Waals surface area (Å²) in [5.74, 6) is -0.418. The summed E-state index contributed by atoms with van der Waals surface area (Å²) >= 11 is 0. The summed E-state index contributed by atoms with van der Waals surface area (Å²) in [5.41, 5.74) is -0.738. The highest BCUT2D eigenvalue weighted by molar-refractivity contribution is 5.66. The molecular formula is C14H19F3N2O2. The molecule has 1 unspecified atom stereocenters. The molecule has 4 nitrogen and oxygen atoms in total. The van der Waals surface area contributed by atoms with Gasteiger partial charge in [0.25, 0.3) is 0 Å². The second kappa shape index (κ2) is 7.85. The van der Waals surface area contributed by atoms with Gasteiger partial charge in [-0.3, -0.25) is 4.79 Å². The van der Waals surface area contributed by atoms with Crippen LogP contribution >= 0.6 is 0 Å². The van der Waals surface area contributed by atoms with Gasteiger partial charge in [-0.25, -0.2) is 4.98 Å². The fourth-order valence-corrected chi connectivity index (χ4v) is 1.99.